The summed E-state index contributed by atoms with van der Waals surface area (Å²) in [5.41, 5.74) is 1.29. The van der Waals surface area contributed by atoms with Crippen LogP contribution >= 0.6 is 11.3 Å². The van der Waals surface area contributed by atoms with Gasteiger partial charge in [-0.15, -0.1) is 11.3 Å². The summed E-state index contributed by atoms with van der Waals surface area (Å²) in [7, 11) is -1.97. The van der Waals surface area contributed by atoms with Crippen LogP contribution < -0.4 is 0 Å². The van der Waals surface area contributed by atoms with Crippen LogP contribution in [0.2, 0.25) is 0 Å². The molecule has 2 aromatic rings. The molecule has 98 valence electrons. The van der Waals surface area contributed by atoms with Crippen LogP contribution in [-0.2, 0) is 16.6 Å². The molecule has 2 heterocycles. The van der Waals surface area contributed by atoms with Gasteiger partial charge in [0, 0.05) is 12.4 Å². The van der Waals surface area contributed by atoms with Crippen LogP contribution in [0.1, 0.15) is 16.4 Å². The van der Waals surface area contributed by atoms with Gasteiger partial charge in [0.25, 0.3) is 0 Å². The van der Waals surface area contributed by atoms with Gasteiger partial charge < -0.3 is 0 Å². The zero-order valence-corrected chi connectivity index (χ0v) is 12.0. The number of H-pyrrole nitrogens is 1. The molecule has 0 amide bonds. The van der Waals surface area contributed by atoms with Crippen LogP contribution in [0.3, 0.4) is 0 Å². The minimum atomic E-state index is -3.51. The highest BCUT2D eigenvalue weighted by atomic mass is 32.2. The van der Waals surface area contributed by atoms with Gasteiger partial charge in [-0.25, -0.2) is 13.4 Å². The minimum absolute atomic E-state index is 0.206. The van der Waals surface area contributed by atoms with Crippen LogP contribution in [0.15, 0.2) is 16.5 Å². The van der Waals surface area contributed by atoms with E-state index in [2.05, 4.69) is 15.2 Å². The molecule has 0 aliphatic rings. The molecule has 0 aliphatic heterocycles. The van der Waals surface area contributed by atoms with E-state index in [1.165, 1.54) is 28.9 Å². The number of aromatic nitrogens is 3. The monoisotopic (exact) mass is 286 g/mol. The van der Waals surface area contributed by atoms with Gasteiger partial charge in [0.05, 0.1) is 29.1 Å². The van der Waals surface area contributed by atoms with E-state index < -0.39 is 10.0 Å². The van der Waals surface area contributed by atoms with Crippen molar-refractivity contribution in [1.29, 1.82) is 0 Å². The quantitative estimate of drug-likeness (QED) is 0.919. The molecule has 2 rings (SSSR count). The van der Waals surface area contributed by atoms with Crippen molar-refractivity contribution < 1.29 is 8.42 Å². The maximum absolute atomic E-state index is 12.3. The standard InChI is InChI=1S/C10H14N4O2S2/c1-7-10(4-11-13-7)18(15,16)14(3)5-9-6-17-8(2)12-9/h4,6H,5H2,1-3H3,(H,11,13). The smallest absolute Gasteiger partial charge is 0.246 e. The number of thiazole rings is 1. The Kier molecular flexibility index (Phi) is 3.51. The normalized spacial score (nSPS) is 12.2. The van der Waals surface area contributed by atoms with E-state index in [9.17, 15) is 8.42 Å². The molecule has 0 aliphatic carbocycles. The Morgan fingerprint density at radius 1 is 1.44 bits per heavy atom. The Morgan fingerprint density at radius 2 is 2.17 bits per heavy atom. The van der Waals surface area contributed by atoms with Gasteiger partial charge in [-0.05, 0) is 13.8 Å². The van der Waals surface area contributed by atoms with Crippen molar-refractivity contribution >= 4 is 21.4 Å². The van der Waals surface area contributed by atoms with Crippen molar-refractivity contribution in [2.45, 2.75) is 25.3 Å². The van der Waals surface area contributed by atoms with E-state index in [0.717, 1.165) is 10.7 Å². The fourth-order valence-electron chi connectivity index (χ4n) is 1.56. The van der Waals surface area contributed by atoms with E-state index in [1.54, 1.807) is 6.92 Å². The zero-order valence-electron chi connectivity index (χ0n) is 10.3. The molecule has 8 heteroatoms. The number of sulfonamides is 1. The fourth-order valence-corrected chi connectivity index (χ4v) is 3.42. The zero-order chi connectivity index (χ0) is 13.3. The second-order valence-electron chi connectivity index (χ2n) is 3.98. The van der Waals surface area contributed by atoms with Gasteiger partial charge in [-0.1, -0.05) is 0 Å². The van der Waals surface area contributed by atoms with E-state index >= 15 is 0 Å². The predicted molar refractivity (Wildman–Crippen MR) is 68.8 cm³/mol. The minimum Gasteiger partial charge on any atom is -0.281 e. The van der Waals surface area contributed by atoms with Gasteiger partial charge in [0.2, 0.25) is 10.0 Å². The Hall–Kier alpha value is -1.25. The van der Waals surface area contributed by atoms with Crippen LogP contribution in [0.25, 0.3) is 0 Å². The van der Waals surface area contributed by atoms with Gasteiger partial charge in [0.1, 0.15) is 4.90 Å². The molecule has 1 N–H and O–H groups in total. The first-order chi connectivity index (χ1) is 8.41. The second-order valence-corrected chi connectivity index (χ2v) is 7.05. The maximum atomic E-state index is 12.3. The Bertz CT molecular complexity index is 644. The predicted octanol–water partition coefficient (Wildman–Crippen LogP) is 1.30. The summed E-state index contributed by atoms with van der Waals surface area (Å²) in [5.74, 6) is 0. The molecule has 0 bridgehead atoms. The summed E-state index contributed by atoms with van der Waals surface area (Å²) in [6.07, 6.45) is 1.33. The summed E-state index contributed by atoms with van der Waals surface area (Å²) in [6.45, 7) is 3.83. The topological polar surface area (TPSA) is 79.0 Å². The van der Waals surface area contributed by atoms with Gasteiger partial charge >= 0.3 is 0 Å². The highest BCUT2D eigenvalue weighted by Gasteiger charge is 2.24. The third-order valence-electron chi connectivity index (χ3n) is 2.52. The third-order valence-corrected chi connectivity index (χ3v) is 5.26. The lowest BCUT2D eigenvalue weighted by atomic mass is 10.5. The number of hydrogen-bond acceptors (Lipinski definition) is 5. The summed E-state index contributed by atoms with van der Waals surface area (Å²) in [5, 5.41) is 9.16. The molecular weight excluding hydrogens is 272 g/mol. The molecule has 0 spiro atoms. The average Bonchev–Trinajstić information content (AvgIpc) is 2.87. The lowest BCUT2D eigenvalue weighted by Gasteiger charge is -2.15. The molecule has 6 nitrogen and oxygen atoms in total. The lowest BCUT2D eigenvalue weighted by Crippen LogP contribution is -2.26. The molecular formula is C10H14N4O2S2. The Balaban J connectivity index is 2.23. The van der Waals surface area contributed by atoms with E-state index in [4.69, 9.17) is 0 Å². The van der Waals surface area contributed by atoms with Crippen LogP contribution in [0.4, 0.5) is 0 Å². The summed E-state index contributed by atoms with van der Waals surface area (Å²) >= 11 is 1.51. The Labute approximate surface area is 110 Å². The lowest BCUT2D eigenvalue weighted by molar-refractivity contribution is 0.462. The van der Waals surface area contributed by atoms with Crippen molar-refractivity contribution in [3.8, 4) is 0 Å². The van der Waals surface area contributed by atoms with E-state index in [1.807, 2.05) is 12.3 Å². The third kappa shape index (κ3) is 2.45. The molecule has 0 saturated carbocycles. The first-order valence-corrected chi connectivity index (χ1v) is 7.60. The summed E-state index contributed by atoms with van der Waals surface area (Å²) < 4.78 is 25.8. The van der Waals surface area contributed by atoms with Gasteiger partial charge in [0.15, 0.2) is 0 Å². The molecule has 0 radical (unpaired) electrons. The SMILES string of the molecule is Cc1nc(CN(C)S(=O)(=O)c2cn[nH]c2C)cs1. The summed E-state index contributed by atoms with van der Waals surface area (Å²) in [6, 6.07) is 0. The number of nitrogens with zero attached hydrogens (tertiary/aromatic N) is 3. The van der Waals surface area contributed by atoms with Crippen LogP contribution in [-0.4, -0.2) is 35.0 Å². The van der Waals surface area contributed by atoms with Crippen molar-refractivity contribution in [2.75, 3.05) is 7.05 Å². The van der Waals surface area contributed by atoms with E-state index in [0.29, 0.717) is 5.69 Å². The van der Waals surface area contributed by atoms with Gasteiger partial charge in [-0.2, -0.15) is 9.40 Å². The fraction of sp³-hybridized carbons (Fsp3) is 0.400. The number of aromatic amines is 1. The highest BCUT2D eigenvalue weighted by molar-refractivity contribution is 7.89. The van der Waals surface area contributed by atoms with E-state index in [-0.39, 0.29) is 11.4 Å². The number of hydrogen-bond donors (Lipinski definition) is 1. The molecule has 0 atom stereocenters. The van der Waals surface area contributed by atoms with Crippen LogP contribution in [0, 0.1) is 13.8 Å². The van der Waals surface area contributed by atoms with Crippen molar-refractivity contribution in [2.24, 2.45) is 0 Å². The average molecular weight is 286 g/mol. The molecule has 18 heavy (non-hydrogen) atoms. The van der Waals surface area contributed by atoms with Crippen LogP contribution in [0.5, 0.6) is 0 Å². The Morgan fingerprint density at radius 3 is 2.67 bits per heavy atom. The molecule has 0 fully saturated rings. The van der Waals surface area contributed by atoms with Gasteiger partial charge in [-0.3, -0.25) is 5.10 Å². The van der Waals surface area contributed by atoms with Crippen molar-refractivity contribution in [3.05, 3.63) is 28.0 Å². The second kappa shape index (κ2) is 4.79. The number of rotatable bonds is 4. The maximum Gasteiger partial charge on any atom is 0.246 e. The number of aryl methyl sites for hydroxylation is 2. The molecule has 0 saturated heterocycles. The van der Waals surface area contributed by atoms with Crippen molar-refractivity contribution in [3.63, 3.8) is 0 Å². The highest BCUT2D eigenvalue weighted by Crippen LogP contribution is 2.19. The largest absolute Gasteiger partial charge is 0.281 e. The number of nitrogens with one attached hydrogen (secondary N) is 1. The molecule has 0 aromatic carbocycles. The molecule has 0 unspecified atom stereocenters. The van der Waals surface area contributed by atoms with Crippen molar-refractivity contribution in [1.82, 2.24) is 19.5 Å². The summed E-state index contributed by atoms with van der Waals surface area (Å²) in [4.78, 5) is 4.46. The molecule has 2 aromatic heterocycles. The first-order valence-electron chi connectivity index (χ1n) is 5.28. The first kappa shape index (κ1) is 13.2.